The molecule has 0 heterocycles. The van der Waals surface area contributed by atoms with E-state index in [1.54, 1.807) is 0 Å². The molecule has 0 fully saturated rings. The number of hydrogen-bond acceptors (Lipinski definition) is 1. The average molecular weight is 802 g/mol. The van der Waals surface area contributed by atoms with E-state index in [0.717, 1.165) is 33.8 Å². The molecular formula is C62H43N. The highest BCUT2D eigenvalue weighted by Crippen LogP contribution is 2.48. The zero-order chi connectivity index (χ0) is 42.0. The maximum absolute atomic E-state index is 2.41. The van der Waals surface area contributed by atoms with Gasteiger partial charge in [-0.05, 0) is 137 Å². The molecule has 11 aromatic carbocycles. The van der Waals surface area contributed by atoms with Gasteiger partial charge in [-0.15, -0.1) is 0 Å². The fourth-order valence-corrected chi connectivity index (χ4v) is 9.26. The SMILES string of the molecule is c1ccc(-c2cc(-c3ccccc3)c(-c3ccc(N(c4ccccc4)c4ccc(-c5cc6ccccc6c6ccccc56)cc4)c(-c4ccccc4)c3)c(-c3ccccc3)c2)cc1. The van der Waals surface area contributed by atoms with Crippen LogP contribution in [0.1, 0.15) is 0 Å². The minimum absolute atomic E-state index is 1.09. The molecule has 0 radical (unpaired) electrons. The molecule has 296 valence electrons. The summed E-state index contributed by atoms with van der Waals surface area (Å²) in [4.78, 5) is 2.41. The Morgan fingerprint density at radius 1 is 0.222 bits per heavy atom. The molecule has 0 aliphatic carbocycles. The lowest BCUT2D eigenvalue weighted by molar-refractivity contribution is 1.28. The van der Waals surface area contributed by atoms with Gasteiger partial charge < -0.3 is 4.90 Å². The monoisotopic (exact) mass is 801 g/mol. The number of benzene rings is 11. The van der Waals surface area contributed by atoms with Crippen molar-refractivity contribution >= 4 is 38.6 Å². The number of anilines is 3. The summed E-state index contributed by atoms with van der Waals surface area (Å²) in [7, 11) is 0. The van der Waals surface area contributed by atoms with Crippen LogP contribution in [0.5, 0.6) is 0 Å². The Labute approximate surface area is 369 Å². The predicted octanol–water partition coefficient (Wildman–Crippen LogP) is 17.5. The van der Waals surface area contributed by atoms with Crippen LogP contribution < -0.4 is 4.90 Å². The molecule has 0 aliphatic heterocycles. The van der Waals surface area contributed by atoms with Crippen LogP contribution in [0, 0.1) is 0 Å². The Morgan fingerprint density at radius 2 is 0.635 bits per heavy atom. The third-order valence-corrected chi connectivity index (χ3v) is 12.2. The second-order valence-electron chi connectivity index (χ2n) is 16.1. The third kappa shape index (κ3) is 7.26. The van der Waals surface area contributed by atoms with Crippen molar-refractivity contribution in [2.24, 2.45) is 0 Å². The van der Waals surface area contributed by atoms with Crippen LogP contribution in [-0.2, 0) is 0 Å². The molecule has 0 aromatic heterocycles. The first kappa shape index (κ1) is 37.7. The lowest BCUT2D eigenvalue weighted by Crippen LogP contribution is -2.11. The van der Waals surface area contributed by atoms with Crippen molar-refractivity contribution in [2.45, 2.75) is 0 Å². The summed E-state index contributed by atoms with van der Waals surface area (Å²) in [5.41, 5.74) is 17.5. The lowest BCUT2D eigenvalue weighted by Gasteiger charge is -2.29. The van der Waals surface area contributed by atoms with Crippen LogP contribution in [0.2, 0.25) is 0 Å². The molecule has 0 spiro atoms. The lowest BCUT2D eigenvalue weighted by atomic mass is 9.83. The molecule has 11 rings (SSSR count). The fourth-order valence-electron chi connectivity index (χ4n) is 9.26. The van der Waals surface area contributed by atoms with Crippen molar-refractivity contribution in [2.75, 3.05) is 4.90 Å². The summed E-state index contributed by atoms with van der Waals surface area (Å²) in [6.45, 7) is 0. The molecule has 11 aromatic rings. The van der Waals surface area contributed by atoms with Gasteiger partial charge in [-0.2, -0.15) is 0 Å². The molecule has 1 nitrogen and oxygen atoms in total. The molecule has 0 atom stereocenters. The van der Waals surface area contributed by atoms with Gasteiger partial charge in [0.1, 0.15) is 0 Å². The molecule has 0 unspecified atom stereocenters. The minimum atomic E-state index is 1.09. The van der Waals surface area contributed by atoms with Gasteiger partial charge in [-0.1, -0.05) is 206 Å². The Kier molecular flexibility index (Phi) is 9.97. The molecule has 0 aliphatic rings. The van der Waals surface area contributed by atoms with E-state index >= 15 is 0 Å². The van der Waals surface area contributed by atoms with Gasteiger partial charge >= 0.3 is 0 Å². The minimum Gasteiger partial charge on any atom is -0.310 e. The van der Waals surface area contributed by atoms with Crippen molar-refractivity contribution in [3.63, 3.8) is 0 Å². The molecule has 0 amide bonds. The normalized spacial score (nSPS) is 11.2. The van der Waals surface area contributed by atoms with E-state index < -0.39 is 0 Å². The van der Waals surface area contributed by atoms with E-state index in [2.05, 4.69) is 266 Å². The van der Waals surface area contributed by atoms with Gasteiger partial charge in [0.25, 0.3) is 0 Å². The number of rotatable bonds is 9. The molecule has 0 saturated carbocycles. The van der Waals surface area contributed by atoms with Crippen molar-refractivity contribution in [3.8, 4) is 66.8 Å². The fraction of sp³-hybridized carbons (Fsp3) is 0. The van der Waals surface area contributed by atoms with Crippen molar-refractivity contribution in [3.05, 3.63) is 261 Å². The van der Waals surface area contributed by atoms with Crippen molar-refractivity contribution < 1.29 is 0 Å². The average Bonchev–Trinajstić information content (AvgIpc) is 3.37. The quantitative estimate of drug-likeness (QED) is 0.131. The Balaban J connectivity index is 1.12. The van der Waals surface area contributed by atoms with Crippen LogP contribution in [-0.4, -0.2) is 0 Å². The zero-order valence-corrected chi connectivity index (χ0v) is 34.8. The zero-order valence-electron chi connectivity index (χ0n) is 34.8. The van der Waals surface area contributed by atoms with Gasteiger partial charge in [-0.25, -0.2) is 0 Å². The van der Waals surface area contributed by atoms with E-state index in [1.807, 2.05) is 0 Å². The Bertz CT molecular complexity index is 3280. The summed E-state index contributed by atoms with van der Waals surface area (Å²) in [5, 5.41) is 5.05. The first-order valence-electron chi connectivity index (χ1n) is 21.7. The van der Waals surface area contributed by atoms with Crippen LogP contribution in [0.15, 0.2) is 261 Å². The summed E-state index contributed by atoms with van der Waals surface area (Å²) in [6.07, 6.45) is 0. The Hall–Kier alpha value is -8.26. The molecular weight excluding hydrogens is 759 g/mol. The van der Waals surface area contributed by atoms with Gasteiger partial charge in [0, 0.05) is 16.9 Å². The van der Waals surface area contributed by atoms with Gasteiger partial charge in [0.15, 0.2) is 0 Å². The first-order valence-corrected chi connectivity index (χ1v) is 21.7. The number of para-hydroxylation sites is 1. The van der Waals surface area contributed by atoms with Crippen LogP contribution >= 0.6 is 0 Å². The van der Waals surface area contributed by atoms with E-state index in [-0.39, 0.29) is 0 Å². The molecule has 1 heteroatoms. The summed E-state index contributed by atoms with van der Waals surface area (Å²) in [5.74, 6) is 0. The van der Waals surface area contributed by atoms with E-state index in [1.165, 1.54) is 71.6 Å². The van der Waals surface area contributed by atoms with Crippen LogP contribution in [0.4, 0.5) is 17.1 Å². The molecule has 0 saturated heterocycles. The van der Waals surface area contributed by atoms with Gasteiger partial charge in [0.05, 0.1) is 5.69 Å². The molecule has 0 bridgehead atoms. The second-order valence-corrected chi connectivity index (χ2v) is 16.1. The van der Waals surface area contributed by atoms with Gasteiger partial charge in [0.2, 0.25) is 0 Å². The van der Waals surface area contributed by atoms with Crippen molar-refractivity contribution in [1.82, 2.24) is 0 Å². The number of hydrogen-bond donors (Lipinski definition) is 0. The Morgan fingerprint density at radius 3 is 1.22 bits per heavy atom. The largest absolute Gasteiger partial charge is 0.310 e. The standard InChI is InChI=1S/C62H43N/c1-6-20-44(21-7-1)51-42-59(46-24-10-3-11-25-46)62(60(43-51)47-26-12-4-13-27-47)50-36-39-61(58(41-50)45-22-8-2-9-23-45)63(52-29-14-5-15-30-52)53-37-34-48(35-38-53)57-40-49-28-16-17-31-54(49)55-32-18-19-33-56(55)57/h1-43H. The smallest absolute Gasteiger partial charge is 0.0540 e. The number of fused-ring (bicyclic) bond motifs is 3. The summed E-state index contributed by atoms with van der Waals surface area (Å²) in [6, 6.07) is 94.7. The predicted molar refractivity (Wildman–Crippen MR) is 269 cm³/mol. The highest BCUT2D eigenvalue weighted by atomic mass is 15.1. The van der Waals surface area contributed by atoms with E-state index in [0.29, 0.717) is 0 Å². The first-order chi connectivity index (χ1) is 31.3. The summed E-state index contributed by atoms with van der Waals surface area (Å²) >= 11 is 0. The summed E-state index contributed by atoms with van der Waals surface area (Å²) < 4.78 is 0. The molecule has 63 heavy (non-hydrogen) atoms. The van der Waals surface area contributed by atoms with E-state index in [4.69, 9.17) is 0 Å². The molecule has 0 N–H and O–H groups in total. The highest BCUT2D eigenvalue weighted by molar-refractivity contribution is 6.14. The van der Waals surface area contributed by atoms with Crippen LogP contribution in [0.25, 0.3) is 88.3 Å². The highest BCUT2D eigenvalue weighted by Gasteiger charge is 2.22. The van der Waals surface area contributed by atoms with Crippen LogP contribution in [0.3, 0.4) is 0 Å². The van der Waals surface area contributed by atoms with Crippen molar-refractivity contribution in [1.29, 1.82) is 0 Å². The number of nitrogens with zero attached hydrogens (tertiary/aromatic N) is 1. The third-order valence-electron chi connectivity index (χ3n) is 12.2. The maximum atomic E-state index is 2.41. The van der Waals surface area contributed by atoms with E-state index in [9.17, 15) is 0 Å². The maximum Gasteiger partial charge on any atom is 0.0540 e. The van der Waals surface area contributed by atoms with Gasteiger partial charge in [-0.3, -0.25) is 0 Å². The second kappa shape index (κ2) is 16.7. The topological polar surface area (TPSA) is 3.24 Å².